The second-order valence-electron chi connectivity index (χ2n) is 4.63. The molecule has 3 N–H and O–H groups in total. The molecule has 0 aliphatic heterocycles. The number of rotatable bonds is 5. The maximum atomic E-state index is 11.5. The Hall–Kier alpha value is -1.79. The largest absolute Gasteiger partial charge is 0.480 e. The Morgan fingerprint density at radius 3 is 1.89 bits per heavy atom. The number of nitrogens with zero attached hydrogens (tertiary/aromatic N) is 1. The molecule has 18 heavy (non-hydrogen) atoms. The summed E-state index contributed by atoms with van der Waals surface area (Å²) in [5.74, 6) is -1.61. The van der Waals surface area contributed by atoms with Crippen molar-refractivity contribution in [3.05, 3.63) is 0 Å². The molecule has 0 saturated carbocycles. The number of amides is 3. The van der Waals surface area contributed by atoms with E-state index in [0.29, 0.717) is 0 Å². The Bertz CT molecular complexity index is 328. The van der Waals surface area contributed by atoms with E-state index in [-0.39, 0.29) is 11.8 Å². The van der Waals surface area contributed by atoms with Crippen molar-refractivity contribution in [2.24, 2.45) is 5.92 Å². The topological polar surface area (TPSA) is 98.7 Å². The molecule has 0 aliphatic carbocycles. The van der Waals surface area contributed by atoms with Gasteiger partial charge in [0, 0.05) is 14.1 Å². The molecule has 0 aliphatic rings. The lowest BCUT2D eigenvalue weighted by molar-refractivity contribution is -0.140. The van der Waals surface area contributed by atoms with Crippen LogP contribution in [0.15, 0.2) is 0 Å². The van der Waals surface area contributed by atoms with Crippen LogP contribution in [0.25, 0.3) is 0 Å². The average molecular weight is 259 g/mol. The molecule has 0 rings (SSSR count). The van der Waals surface area contributed by atoms with E-state index >= 15 is 0 Å². The van der Waals surface area contributed by atoms with Gasteiger partial charge in [-0.25, -0.2) is 9.59 Å². The molecule has 0 aromatic heterocycles. The Kier molecular flexibility index (Phi) is 6.15. The van der Waals surface area contributed by atoms with Gasteiger partial charge in [-0.2, -0.15) is 0 Å². The van der Waals surface area contributed by atoms with Crippen LogP contribution < -0.4 is 10.6 Å². The van der Waals surface area contributed by atoms with Crippen LogP contribution >= 0.6 is 0 Å². The minimum absolute atomic E-state index is 0.242. The van der Waals surface area contributed by atoms with Gasteiger partial charge < -0.3 is 20.6 Å². The Balaban J connectivity index is 4.42. The maximum absolute atomic E-state index is 11.5. The van der Waals surface area contributed by atoms with Gasteiger partial charge in [-0.3, -0.25) is 4.79 Å². The van der Waals surface area contributed by atoms with Crippen LogP contribution in [0.4, 0.5) is 4.79 Å². The van der Waals surface area contributed by atoms with Crippen LogP contribution in [0.5, 0.6) is 0 Å². The lowest BCUT2D eigenvalue weighted by atomic mass is 10.1. The molecular formula is C11H21N3O4. The van der Waals surface area contributed by atoms with Crippen molar-refractivity contribution in [2.75, 3.05) is 14.1 Å². The lowest BCUT2D eigenvalue weighted by Crippen LogP contribution is -2.53. The van der Waals surface area contributed by atoms with E-state index < -0.39 is 24.1 Å². The van der Waals surface area contributed by atoms with Crippen molar-refractivity contribution in [1.82, 2.24) is 15.5 Å². The third kappa shape index (κ3) is 5.03. The molecule has 2 unspecified atom stereocenters. The zero-order chi connectivity index (χ0) is 14.5. The van der Waals surface area contributed by atoms with Gasteiger partial charge in [-0.05, 0) is 12.8 Å². The summed E-state index contributed by atoms with van der Waals surface area (Å²) >= 11 is 0. The lowest BCUT2D eigenvalue weighted by Gasteiger charge is -2.21. The van der Waals surface area contributed by atoms with Crippen LogP contribution in [-0.4, -0.2) is 54.1 Å². The SMILES string of the molecule is CC(NC(=O)NC(C(=O)O)C(C)C)C(=O)N(C)C. The van der Waals surface area contributed by atoms with Gasteiger partial charge in [0.25, 0.3) is 0 Å². The second-order valence-corrected chi connectivity index (χ2v) is 4.63. The van der Waals surface area contributed by atoms with Gasteiger partial charge in [-0.15, -0.1) is 0 Å². The molecule has 0 aromatic carbocycles. The molecular weight excluding hydrogens is 238 g/mol. The number of urea groups is 1. The van der Waals surface area contributed by atoms with Crippen molar-refractivity contribution < 1.29 is 19.5 Å². The van der Waals surface area contributed by atoms with E-state index in [1.807, 2.05) is 0 Å². The van der Waals surface area contributed by atoms with Crippen LogP contribution in [-0.2, 0) is 9.59 Å². The fraction of sp³-hybridized carbons (Fsp3) is 0.727. The summed E-state index contributed by atoms with van der Waals surface area (Å²) in [5.41, 5.74) is 0. The predicted molar refractivity (Wildman–Crippen MR) is 66.1 cm³/mol. The molecule has 104 valence electrons. The second kappa shape index (κ2) is 6.83. The molecule has 0 aromatic rings. The molecule has 0 bridgehead atoms. The Labute approximate surface area is 107 Å². The van der Waals surface area contributed by atoms with E-state index in [2.05, 4.69) is 10.6 Å². The Morgan fingerprint density at radius 1 is 1.06 bits per heavy atom. The minimum atomic E-state index is -1.10. The molecule has 0 spiro atoms. The normalized spacial score (nSPS) is 13.7. The predicted octanol–water partition coefficient (Wildman–Crippen LogP) is -0.128. The van der Waals surface area contributed by atoms with Gasteiger partial charge in [0.1, 0.15) is 12.1 Å². The first-order valence-corrected chi connectivity index (χ1v) is 5.67. The zero-order valence-electron chi connectivity index (χ0n) is 11.4. The number of carboxylic acids is 1. The van der Waals surface area contributed by atoms with Crippen LogP contribution in [0, 0.1) is 5.92 Å². The van der Waals surface area contributed by atoms with E-state index in [1.54, 1.807) is 27.9 Å². The summed E-state index contributed by atoms with van der Waals surface area (Å²) in [5, 5.41) is 13.6. The highest BCUT2D eigenvalue weighted by molar-refractivity contribution is 5.88. The molecule has 0 saturated heterocycles. The third-order valence-corrected chi connectivity index (χ3v) is 2.38. The smallest absolute Gasteiger partial charge is 0.326 e. The number of carbonyl (C=O) groups excluding carboxylic acids is 2. The first kappa shape index (κ1) is 16.2. The van der Waals surface area contributed by atoms with Crippen molar-refractivity contribution in [1.29, 1.82) is 0 Å². The zero-order valence-corrected chi connectivity index (χ0v) is 11.4. The number of nitrogens with one attached hydrogen (secondary N) is 2. The minimum Gasteiger partial charge on any atom is -0.480 e. The summed E-state index contributed by atoms with van der Waals surface area (Å²) in [7, 11) is 3.15. The summed E-state index contributed by atoms with van der Waals surface area (Å²) in [6, 6.07) is -2.35. The summed E-state index contributed by atoms with van der Waals surface area (Å²) in [6.45, 7) is 4.91. The maximum Gasteiger partial charge on any atom is 0.326 e. The fourth-order valence-corrected chi connectivity index (χ4v) is 1.34. The number of hydrogen-bond donors (Lipinski definition) is 3. The van der Waals surface area contributed by atoms with Crippen LogP contribution in [0.1, 0.15) is 20.8 Å². The molecule has 0 radical (unpaired) electrons. The van der Waals surface area contributed by atoms with Crippen molar-refractivity contribution in [2.45, 2.75) is 32.9 Å². The van der Waals surface area contributed by atoms with Gasteiger partial charge in [0.2, 0.25) is 5.91 Å². The summed E-state index contributed by atoms with van der Waals surface area (Å²) in [4.78, 5) is 35.3. The first-order valence-electron chi connectivity index (χ1n) is 5.67. The van der Waals surface area contributed by atoms with E-state index in [9.17, 15) is 14.4 Å². The highest BCUT2D eigenvalue weighted by Gasteiger charge is 2.25. The third-order valence-electron chi connectivity index (χ3n) is 2.38. The van der Waals surface area contributed by atoms with E-state index in [0.717, 1.165) is 0 Å². The summed E-state index contributed by atoms with van der Waals surface area (Å²) in [6.07, 6.45) is 0. The average Bonchev–Trinajstić information content (AvgIpc) is 2.23. The molecule has 0 fully saturated rings. The standard InChI is InChI=1S/C11H21N3O4/c1-6(2)8(10(16)17)13-11(18)12-7(3)9(15)14(4)5/h6-8H,1-5H3,(H,16,17)(H2,12,13,18). The molecule has 7 nitrogen and oxygen atoms in total. The molecule has 7 heteroatoms. The first-order chi connectivity index (χ1) is 8.16. The van der Waals surface area contributed by atoms with Gasteiger partial charge in [0.05, 0.1) is 0 Å². The summed E-state index contributed by atoms with van der Waals surface area (Å²) < 4.78 is 0. The monoisotopic (exact) mass is 259 g/mol. The van der Waals surface area contributed by atoms with Crippen molar-refractivity contribution >= 4 is 17.9 Å². The van der Waals surface area contributed by atoms with Crippen molar-refractivity contribution in [3.8, 4) is 0 Å². The molecule has 3 amide bonds. The van der Waals surface area contributed by atoms with E-state index in [4.69, 9.17) is 5.11 Å². The number of aliphatic carboxylic acids is 1. The molecule has 2 atom stereocenters. The quantitative estimate of drug-likeness (QED) is 0.640. The van der Waals surface area contributed by atoms with Crippen LogP contribution in [0.3, 0.4) is 0 Å². The Morgan fingerprint density at radius 2 is 1.56 bits per heavy atom. The highest BCUT2D eigenvalue weighted by Crippen LogP contribution is 2.01. The number of likely N-dealkylation sites (N-methyl/N-ethyl adjacent to an activating group) is 1. The van der Waals surface area contributed by atoms with E-state index in [1.165, 1.54) is 11.8 Å². The van der Waals surface area contributed by atoms with Gasteiger partial charge in [0.15, 0.2) is 0 Å². The van der Waals surface area contributed by atoms with Gasteiger partial charge >= 0.3 is 12.0 Å². The van der Waals surface area contributed by atoms with Crippen LogP contribution in [0.2, 0.25) is 0 Å². The highest BCUT2D eigenvalue weighted by atomic mass is 16.4. The van der Waals surface area contributed by atoms with Gasteiger partial charge in [-0.1, -0.05) is 13.8 Å². The fourth-order valence-electron chi connectivity index (χ4n) is 1.34. The van der Waals surface area contributed by atoms with Crippen molar-refractivity contribution in [3.63, 3.8) is 0 Å². The number of carbonyl (C=O) groups is 3. The number of carboxylic acid groups (broad SMARTS) is 1. The number of hydrogen-bond acceptors (Lipinski definition) is 3. The molecule has 0 heterocycles.